The third-order valence-electron chi connectivity index (χ3n) is 3.42. The van der Waals surface area contributed by atoms with Gasteiger partial charge in [0.05, 0.1) is 0 Å². The molecule has 2 fully saturated rings. The minimum Gasteiger partial charge on any atom is -0.481 e. The van der Waals surface area contributed by atoms with Gasteiger partial charge in [-0.2, -0.15) is 0 Å². The van der Waals surface area contributed by atoms with Crippen LogP contribution in [0.5, 0.6) is 0 Å². The van der Waals surface area contributed by atoms with E-state index in [1.807, 2.05) is 0 Å². The van der Waals surface area contributed by atoms with Crippen LogP contribution >= 0.6 is 0 Å². The van der Waals surface area contributed by atoms with Crippen molar-refractivity contribution in [2.45, 2.75) is 38.5 Å². The zero-order valence-electron chi connectivity index (χ0n) is 7.33. The first-order valence-corrected chi connectivity index (χ1v) is 4.99. The van der Waals surface area contributed by atoms with E-state index >= 15 is 0 Å². The summed E-state index contributed by atoms with van der Waals surface area (Å²) in [6.07, 6.45) is 6.84. The van der Waals surface area contributed by atoms with Crippen LogP contribution in [-0.2, 0) is 4.79 Å². The van der Waals surface area contributed by atoms with Gasteiger partial charge in [0, 0.05) is 6.42 Å². The molecule has 2 saturated carbocycles. The van der Waals surface area contributed by atoms with Crippen LogP contribution in [0.25, 0.3) is 0 Å². The van der Waals surface area contributed by atoms with Gasteiger partial charge in [-0.1, -0.05) is 19.3 Å². The van der Waals surface area contributed by atoms with Gasteiger partial charge in [0.15, 0.2) is 0 Å². The van der Waals surface area contributed by atoms with E-state index in [0.717, 1.165) is 18.3 Å². The van der Waals surface area contributed by atoms with E-state index in [0.29, 0.717) is 12.3 Å². The highest BCUT2D eigenvalue weighted by molar-refractivity contribution is 5.67. The molecule has 0 aromatic carbocycles. The minimum atomic E-state index is -0.604. The fraction of sp³-hybridized carbons (Fsp3) is 0.900. The summed E-state index contributed by atoms with van der Waals surface area (Å²) in [7, 11) is 0. The van der Waals surface area contributed by atoms with Gasteiger partial charge in [-0.25, -0.2) is 0 Å². The SMILES string of the molecule is O=C(O)CC1CCCCC2CC12. The predicted molar refractivity (Wildman–Crippen MR) is 45.8 cm³/mol. The molecule has 3 atom stereocenters. The van der Waals surface area contributed by atoms with E-state index < -0.39 is 5.97 Å². The van der Waals surface area contributed by atoms with Crippen LogP contribution in [0.15, 0.2) is 0 Å². The monoisotopic (exact) mass is 168 g/mol. The van der Waals surface area contributed by atoms with Crippen molar-refractivity contribution in [2.75, 3.05) is 0 Å². The number of rotatable bonds is 2. The van der Waals surface area contributed by atoms with Crippen molar-refractivity contribution < 1.29 is 9.90 Å². The van der Waals surface area contributed by atoms with Crippen LogP contribution in [0.4, 0.5) is 0 Å². The number of hydrogen-bond donors (Lipinski definition) is 1. The third-order valence-corrected chi connectivity index (χ3v) is 3.42. The van der Waals surface area contributed by atoms with E-state index in [4.69, 9.17) is 5.11 Å². The Kier molecular flexibility index (Phi) is 2.07. The third kappa shape index (κ3) is 1.62. The molecular weight excluding hydrogens is 152 g/mol. The minimum absolute atomic E-state index is 0.418. The Morgan fingerprint density at radius 2 is 2.08 bits per heavy atom. The van der Waals surface area contributed by atoms with Gasteiger partial charge in [-0.15, -0.1) is 0 Å². The van der Waals surface area contributed by atoms with Crippen molar-refractivity contribution in [3.8, 4) is 0 Å². The van der Waals surface area contributed by atoms with Crippen LogP contribution in [0, 0.1) is 17.8 Å². The zero-order valence-corrected chi connectivity index (χ0v) is 7.33. The molecule has 0 bridgehead atoms. The molecule has 2 nitrogen and oxygen atoms in total. The maximum atomic E-state index is 10.5. The molecule has 68 valence electrons. The topological polar surface area (TPSA) is 37.3 Å². The summed E-state index contributed by atoms with van der Waals surface area (Å²) in [4.78, 5) is 10.5. The first-order valence-electron chi connectivity index (χ1n) is 4.99. The number of aliphatic carboxylic acids is 1. The van der Waals surface area contributed by atoms with Gasteiger partial charge < -0.3 is 5.11 Å². The largest absolute Gasteiger partial charge is 0.481 e. The van der Waals surface area contributed by atoms with E-state index in [2.05, 4.69) is 0 Å². The molecule has 0 saturated heterocycles. The number of fused-ring (bicyclic) bond motifs is 1. The second kappa shape index (κ2) is 3.08. The first-order chi connectivity index (χ1) is 5.77. The highest BCUT2D eigenvalue weighted by Crippen LogP contribution is 2.52. The predicted octanol–water partition coefficient (Wildman–Crippen LogP) is 2.29. The smallest absolute Gasteiger partial charge is 0.303 e. The molecule has 0 heterocycles. The Bertz CT molecular complexity index is 188. The summed E-state index contributed by atoms with van der Waals surface area (Å²) in [6, 6.07) is 0. The van der Waals surface area contributed by atoms with E-state index in [1.165, 1.54) is 25.7 Å². The highest BCUT2D eigenvalue weighted by atomic mass is 16.4. The van der Waals surface area contributed by atoms with Gasteiger partial charge in [0.25, 0.3) is 0 Å². The van der Waals surface area contributed by atoms with Gasteiger partial charge in [-0.05, 0) is 30.6 Å². The molecule has 0 aliphatic heterocycles. The Labute approximate surface area is 73.0 Å². The molecule has 2 aliphatic rings. The summed E-state index contributed by atoms with van der Waals surface area (Å²) in [6.45, 7) is 0. The second-order valence-corrected chi connectivity index (χ2v) is 4.30. The van der Waals surface area contributed by atoms with Gasteiger partial charge in [0.2, 0.25) is 0 Å². The number of carboxylic acid groups (broad SMARTS) is 1. The van der Waals surface area contributed by atoms with Crippen molar-refractivity contribution in [3.63, 3.8) is 0 Å². The van der Waals surface area contributed by atoms with Crippen LogP contribution < -0.4 is 0 Å². The summed E-state index contributed by atoms with van der Waals surface area (Å²) in [5.74, 6) is 1.59. The van der Waals surface area contributed by atoms with Gasteiger partial charge >= 0.3 is 5.97 Å². The van der Waals surface area contributed by atoms with E-state index in [9.17, 15) is 4.79 Å². The summed E-state index contributed by atoms with van der Waals surface area (Å²) in [5.41, 5.74) is 0. The van der Waals surface area contributed by atoms with Crippen LogP contribution in [0.2, 0.25) is 0 Å². The molecule has 3 unspecified atom stereocenters. The maximum Gasteiger partial charge on any atom is 0.303 e. The van der Waals surface area contributed by atoms with E-state index in [-0.39, 0.29) is 0 Å². The molecule has 0 aromatic heterocycles. The summed E-state index contributed by atoms with van der Waals surface area (Å²) >= 11 is 0. The second-order valence-electron chi connectivity index (χ2n) is 4.30. The van der Waals surface area contributed by atoms with Crippen molar-refractivity contribution in [1.29, 1.82) is 0 Å². The molecule has 0 radical (unpaired) electrons. The first kappa shape index (κ1) is 8.09. The molecular formula is C10H16O2. The highest BCUT2D eigenvalue weighted by Gasteiger charge is 2.43. The fourth-order valence-electron chi connectivity index (χ4n) is 2.69. The van der Waals surface area contributed by atoms with Crippen molar-refractivity contribution in [3.05, 3.63) is 0 Å². The Morgan fingerprint density at radius 1 is 1.33 bits per heavy atom. The van der Waals surface area contributed by atoms with Crippen LogP contribution in [-0.4, -0.2) is 11.1 Å². The average Bonchev–Trinajstić information content (AvgIpc) is 2.71. The fourth-order valence-corrected chi connectivity index (χ4v) is 2.69. The van der Waals surface area contributed by atoms with Crippen LogP contribution in [0.1, 0.15) is 38.5 Å². The Balaban J connectivity index is 1.90. The normalized spacial score (nSPS) is 39.8. The molecule has 0 amide bonds. The lowest BCUT2D eigenvalue weighted by Gasteiger charge is -2.10. The molecule has 0 spiro atoms. The maximum absolute atomic E-state index is 10.5. The summed E-state index contributed by atoms with van der Waals surface area (Å²) < 4.78 is 0. The van der Waals surface area contributed by atoms with Crippen molar-refractivity contribution in [1.82, 2.24) is 0 Å². The van der Waals surface area contributed by atoms with Gasteiger partial charge in [-0.3, -0.25) is 4.79 Å². The lowest BCUT2D eigenvalue weighted by molar-refractivity contribution is -0.138. The summed E-state index contributed by atoms with van der Waals surface area (Å²) in [5, 5.41) is 8.69. The Morgan fingerprint density at radius 3 is 2.83 bits per heavy atom. The lowest BCUT2D eigenvalue weighted by atomic mass is 9.95. The molecule has 2 heteroatoms. The van der Waals surface area contributed by atoms with E-state index in [1.54, 1.807) is 0 Å². The molecule has 12 heavy (non-hydrogen) atoms. The molecule has 2 rings (SSSR count). The van der Waals surface area contributed by atoms with Crippen molar-refractivity contribution in [2.24, 2.45) is 17.8 Å². The number of hydrogen-bond acceptors (Lipinski definition) is 1. The van der Waals surface area contributed by atoms with Gasteiger partial charge in [0.1, 0.15) is 0 Å². The number of carboxylic acids is 1. The quantitative estimate of drug-likeness (QED) is 0.686. The number of carbonyl (C=O) groups is 1. The lowest BCUT2D eigenvalue weighted by Crippen LogP contribution is -2.09. The molecule has 1 N–H and O–H groups in total. The average molecular weight is 168 g/mol. The molecule has 0 aromatic rings. The molecule has 2 aliphatic carbocycles. The van der Waals surface area contributed by atoms with Crippen LogP contribution in [0.3, 0.4) is 0 Å². The standard InChI is InChI=1S/C10H16O2/c11-10(12)6-8-4-2-1-3-7-5-9(7)8/h7-9H,1-6H2,(H,11,12). The Hall–Kier alpha value is -0.530. The van der Waals surface area contributed by atoms with Crippen molar-refractivity contribution >= 4 is 5.97 Å². The zero-order chi connectivity index (χ0) is 8.55.